The number of nitrogens with one attached hydrogen (secondary N) is 2. The van der Waals surface area contributed by atoms with Crippen molar-refractivity contribution in [2.45, 2.75) is 19.6 Å². The highest BCUT2D eigenvalue weighted by molar-refractivity contribution is 6.31. The number of H-pyrrole nitrogens is 1. The number of allylic oxidation sites excluding steroid dienone is 2. The SMILES string of the molecule is C=C(C=CC(Cl)=CF)C1OCCNCC1Cn1ccc(C)c(-c2noc(=O)[nH]2)c1=O. The number of hydrogen-bond acceptors (Lipinski definition) is 6. The fraction of sp³-hybridized carbons (Fsp3) is 0.350. The maximum Gasteiger partial charge on any atom is 0.439 e. The number of rotatable bonds is 6. The third-order valence-electron chi connectivity index (χ3n) is 4.82. The van der Waals surface area contributed by atoms with Crippen LogP contribution in [0.5, 0.6) is 0 Å². The Bertz CT molecular complexity index is 1080. The number of hydrogen-bond donors (Lipinski definition) is 2. The first-order valence-corrected chi connectivity index (χ1v) is 9.70. The molecule has 0 aliphatic carbocycles. The molecule has 160 valence electrons. The van der Waals surface area contributed by atoms with Crippen LogP contribution in [0.25, 0.3) is 11.4 Å². The minimum absolute atomic E-state index is 0.0551. The summed E-state index contributed by atoms with van der Waals surface area (Å²) in [6, 6.07) is 1.77. The summed E-state index contributed by atoms with van der Waals surface area (Å²) in [5.41, 5.74) is 1.23. The van der Waals surface area contributed by atoms with Gasteiger partial charge in [-0.1, -0.05) is 29.4 Å². The Morgan fingerprint density at radius 3 is 2.97 bits per heavy atom. The van der Waals surface area contributed by atoms with Gasteiger partial charge in [0, 0.05) is 31.7 Å². The average molecular weight is 437 g/mol. The highest BCUT2D eigenvalue weighted by Gasteiger charge is 2.27. The lowest BCUT2D eigenvalue weighted by molar-refractivity contribution is 0.0548. The number of nitrogens with zero attached hydrogens (tertiary/aromatic N) is 2. The van der Waals surface area contributed by atoms with Crippen LogP contribution in [0, 0.1) is 12.8 Å². The van der Waals surface area contributed by atoms with E-state index in [1.54, 1.807) is 25.3 Å². The normalized spacial score (nSPS) is 20.4. The molecule has 10 heteroatoms. The van der Waals surface area contributed by atoms with E-state index in [0.717, 1.165) is 0 Å². The third kappa shape index (κ3) is 5.05. The zero-order chi connectivity index (χ0) is 21.7. The van der Waals surface area contributed by atoms with E-state index >= 15 is 0 Å². The van der Waals surface area contributed by atoms with E-state index in [0.29, 0.717) is 43.7 Å². The maximum absolute atomic E-state index is 13.1. The molecule has 3 heterocycles. The molecule has 0 saturated carbocycles. The number of halogens is 2. The Kier molecular flexibility index (Phi) is 7.20. The van der Waals surface area contributed by atoms with Gasteiger partial charge < -0.3 is 14.6 Å². The van der Waals surface area contributed by atoms with Gasteiger partial charge in [0.05, 0.1) is 23.3 Å². The van der Waals surface area contributed by atoms with E-state index < -0.39 is 11.9 Å². The lowest BCUT2D eigenvalue weighted by atomic mass is 9.95. The number of aromatic amines is 1. The van der Waals surface area contributed by atoms with Crippen molar-refractivity contribution in [1.29, 1.82) is 0 Å². The molecule has 1 saturated heterocycles. The van der Waals surface area contributed by atoms with Crippen LogP contribution in [0.3, 0.4) is 0 Å². The summed E-state index contributed by atoms with van der Waals surface area (Å²) in [4.78, 5) is 26.8. The van der Waals surface area contributed by atoms with Crippen LogP contribution >= 0.6 is 11.6 Å². The Morgan fingerprint density at radius 1 is 1.47 bits per heavy atom. The van der Waals surface area contributed by atoms with Gasteiger partial charge in [-0.2, -0.15) is 0 Å². The standard InChI is InChI=1S/C20H22ClFN4O4/c1-12-5-7-26(19(27)16(12)18-24-20(28)30-25-18)11-14-10-23-6-8-29-17(14)13(2)3-4-15(21)9-22/h3-5,7,9,14,17,23H,2,6,8,10-11H2,1H3,(H,24,25,28). The smallest absolute Gasteiger partial charge is 0.372 e. The molecule has 2 atom stereocenters. The number of aryl methyl sites for hydroxylation is 1. The van der Waals surface area contributed by atoms with E-state index in [1.807, 2.05) is 0 Å². The Labute approximate surface area is 176 Å². The van der Waals surface area contributed by atoms with Crippen molar-refractivity contribution in [3.05, 3.63) is 74.4 Å². The van der Waals surface area contributed by atoms with Crippen LogP contribution < -0.4 is 16.6 Å². The molecule has 3 rings (SSSR count). The fourth-order valence-electron chi connectivity index (χ4n) is 3.36. The predicted molar refractivity (Wildman–Crippen MR) is 111 cm³/mol. The summed E-state index contributed by atoms with van der Waals surface area (Å²) in [6.07, 6.45) is 4.58. The predicted octanol–water partition coefficient (Wildman–Crippen LogP) is 2.27. The van der Waals surface area contributed by atoms with Crippen molar-refractivity contribution < 1.29 is 13.7 Å². The molecule has 0 spiro atoms. The van der Waals surface area contributed by atoms with Gasteiger partial charge in [-0.15, -0.1) is 0 Å². The average Bonchev–Trinajstić information content (AvgIpc) is 3.01. The fourth-order valence-corrected chi connectivity index (χ4v) is 3.43. The van der Waals surface area contributed by atoms with Crippen molar-refractivity contribution >= 4 is 11.6 Å². The molecule has 0 radical (unpaired) electrons. The van der Waals surface area contributed by atoms with Crippen molar-refractivity contribution in [3.63, 3.8) is 0 Å². The second-order valence-corrected chi connectivity index (χ2v) is 7.37. The van der Waals surface area contributed by atoms with Crippen molar-refractivity contribution in [3.8, 4) is 11.4 Å². The summed E-state index contributed by atoms with van der Waals surface area (Å²) in [5.74, 6) is -0.782. The quantitative estimate of drug-likeness (QED) is 0.673. The van der Waals surface area contributed by atoms with E-state index in [1.165, 1.54) is 10.6 Å². The highest BCUT2D eigenvalue weighted by Crippen LogP contribution is 2.22. The zero-order valence-electron chi connectivity index (χ0n) is 16.4. The molecule has 0 bridgehead atoms. The molecular weight excluding hydrogens is 415 g/mol. The summed E-state index contributed by atoms with van der Waals surface area (Å²) in [6.45, 7) is 7.81. The first-order chi connectivity index (χ1) is 14.4. The summed E-state index contributed by atoms with van der Waals surface area (Å²) < 4.78 is 24.5. The molecule has 2 aromatic rings. The molecule has 30 heavy (non-hydrogen) atoms. The van der Waals surface area contributed by atoms with Gasteiger partial charge in [0.1, 0.15) is 6.33 Å². The van der Waals surface area contributed by atoms with Gasteiger partial charge in [0.15, 0.2) is 5.82 Å². The van der Waals surface area contributed by atoms with Crippen molar-refractivity contribution in [2.75, 3.05) is 19.7 Å². The largest absolute Gasteiger partial charge is 0.439 e. The molecule has 0 aromatic carbocycles. The molecule has 1 fully saturated rings. The number of pyridine rings is 1. The lowest BCUT2D eigenvalue weighted by Gasteiger charge is -2.26. The molecule has 2 unspecified atom stereocenters. The van der Waals surface area contributed by atoms with Crippen LogP contribution in [0.15, 0.2) is 62.0 Å². The number of aromatic nitrogens is 3. The highest BCUT2D eigenvalue weighted by atomic mass is 35.5. The van der Waals surface area contributed by atoms with E-state index in [-0.39, 0.29) is 27.9 Å². The maximum atomic E-state index is 13.1. The van der Waals surface area contributed by atoms with Crippen LogP contribution in [0.4, 0.5) is 4.39 Å². The van der Waals surface area contributed by atoms with Gasteiger partial charge in [-0.25, -0.2) is 9.18 Å². The van der Waals surface area contributed by atoms with Crippen molar-refractivity contribution in [1.82, 2.24) is 20.0 Å². The van der Waals surface area contributed by atoms with Gasteiger partial charge >= 0.3 is 5.76 Å². The van der Waals surface area contributed by atoms with Gasteiger partial charge in [0.25, 0.3) is 5.56 Å². The van der Waals surface area contributed by atoms with E-state index in [2.05, 4.69) is 26.6 Å². The monoisotopic (exact) mass is 436 g/mol. The Balaban J connectivity index is 1.90. The number of ether oxygens (including phenoxy) is 1. The second kappa shape index (κ2) is 9.84. The minimum atomic E-state index is -0.732. The molecule has 2 aromatic heterocycles. The van der Waals surface area contributed by atoms with E-state index in [4.69, 9.17) is 16.3 Å². The van der Waals surface area contributed by atoms with Crippen molar-refractivity contribution in [2.24, 2.45) is 5.92 Å². The first kappa shape index (κ1) is 21.9. The molecule has 1 aliphatic heterocycles. The van der Waals surface area contributed by atoms with Crippen LogP contribution in [-0.4, -0.2) is 40.5 Å². The Hall–Kier alpha value is -2.75. The van der Waals surface area contributed by atoms with Gasteiger partial charge in [0.2, 0.25) is 0 Å². The topological polar surface area (TPSA) is 102 Å². The molecule has 8 nitrogen and oxygen atoms in total. The van der Waals surface area contributed by atoms with E-state index in [9.17, 15) is 14.0 Å². The minimum Gasteiger partial charge on any atom is -0.372 e. The first-order valence-electron chi connectivity index (χ1n) is 9.32. The molecule has 0 amide bonds. The van der Waals surface area contributed by atoms with Crippen LogP contribution in [0.2, 0.25) is 0 Å². The second-order valence-electron chi connectivity index (χ2n) is 6.93. The molecule has 1 aliphatic rings. The van der Waals surface area contributed by atoms with Gasteiger partial charge in [-0.05, 0) is 30.2 Å². The Morgan fingerprint density at radius 2 is 2.27 bits per heavy atom. The summed E-state index contributed by atoms with van der Waals surface area (Å²) in [5, 5.41) is 6.86. The zero-order valence-corrected chi connectivity index (χ0v) is 17.1. The summed E-state index contributed by atoms with van der Waals surface area (Å²) in [7, 11) is 0. The third-order valence-corrected chi connectivity index (χ3v) is 5.03. The molecular formula is C20H22ClFN4O4. The van der Waals surface area contributed by atoms with Crippen LogP contribution in [-0.2, 0) is 11.3 Å². The molecule has 2 N–H and O–H groups in total. The van der Waals surface area contributed by atoms with Crippen LogP contribution in [0.1, 0.15) is 5.56 Å². The lowest BCUT2D eigenvalue weighted by Crippen LogP contribution is -2.36. The summed E-state index contributed by atoms with van der Waals surface area (Å²) >= 11 is 5.68. The van der Waals surface area contributed by atoms with Gasteiger partial charge in [-0.3, -0.25) is 14.3 Å².